The van der Waals surface area contributed by atoms with Crippen LogP contribution in [0.4, 0.5) is 0 Å². The van der Waals surface area contributed by atoms with Crippen LogP contribution in [0.2, 0.25) is 0 Å². The minimum atomic E-state index is -0.0245. The highest BCUT2D eigenvalue weighted by Gasteiger charge is 2.20. The summed E-state index contributed by atoms with van der Waals surface area (Å²) in [5, 5.41) is 9.13. The Bertz CT molecular complexity index is 489. The van der Waals surface area contributed by atoms with E-state index >= 15 is 0 Å². The van der Waals surface area contributed by atoms with Gasteiger partial charge in [-0.15, -0.1) is 24.0 Å². The minimum Gasteiger partial charge on any atom is -0.356 e. The van der Waals surface area contributed by atoms with E-state index in [2.05, 4.69) is 46.9 Å². The first-order valence-electron chi connectivity index (χ1n) is 7.76. The van der Waals surface area contributed by atoms with Gasteiger partial charge in [-0.2, -0.15) is 0 Å². The number of rotatable bonds is 7. The summed E-state index contributed by atoms with van der Waals surface area (Å²) < 4.78 is 0. The fourth-order valence-corrected chi connectivity index (χ4v) is 2.01. The zero-order chi connectivity index (χ0) is 16.4. The second kappa shape index (κ2) is 11.3. The molecule has 0 fully saturated rings. The lowest BCUT2D eigenvalue weighted by atomic mass is 9.85. The van der Waals surface area contributed by atoms with E-state index in [0.717, 1.165) is 13.0 Å². The molecule has 1 aromatic rings. The van der Waals surface area contributed by atoms with Crippen LogP contribution in [0.15, 0.2) is 35.3 Å². The van der Waals surface area contributed by atoms with Crippen LogP contribution in [0, 0.1) is 0 Å². The number of halogens is 1. The van der Waals surface area contributed by atoms with E-state index in [4.69, 9.17) is 0 Å². The van der Waals surface area contributed by atoms with E-state index in [9.17, 15) is 4.79 Å². The first-order chi connectivity index (χ1) is 10.5. The van der Waals surface area contributed by atoms with Gasteiger partial charge in [0.1, 0.15) is 0 Å². The summed E-state index contributed by atoms with van der Waals surface area (Å²) in [4.78, 5) is 15.7. The number of benzene rings is 1. The molecule has 1 rings (SSSR count). The molecule has 0 aliphatic rings. The van der Waals surface area contributed by atoms with Crippen molar-refractivity contribution in [1.29, 1.82) is 0 Å². The van der Waals surface area contributed by atoms with E-state index in [1.54, 1.807) is 7.05 Å². The monoisotopic (exact) mass is 432 g/mol. The molecule has 130 valence electrons. The van der Waals surface area contributed by atoms with E-state index in [1.165, 1.54) is 5.56 Å². The number of hydrogen-bond acceptors (Lipinski definition) is 2. The number of amides is 1. The largest absolute Gasteiger partial charge is 0.356 e. The summed E-state index contributed by atoms with van der Waals surface area (Å²) in [6.45, 7) is 8.04. The summed E-state index contributed by atoms with van der Waals surface area (Å²) >= 11 is 0. The zero-order valence-electron chi connectivity index (χ0n) is 14.5. The molecular weight excluding hydrogens is 403 g/mol. The standard InChI is InChI=1S/C17H28N4O.HI/c1-5-11-19-15(22)12-20-16(18-4)21-13-17(2,3)14-9-7-6-8-10-14;/h6-10H,5,11-13H2,1-4H3,(H,19,22)(H2,18,20,21);1H. The third kappa shape index (κ3) is 8.20. The molecule has 0 aliphatic carbocycles. The highest BCUT2D eigenvalue weighted by molar-refractivity contribution is 14.0. The van der Waals surface area contributed by atoms with Crippen molar-refractivity contribution in [3.05, 3.63) is 35.9 Å². The zero-order valence-corrected chi connectivity index (χ0v) is 16.8. The molecule has 0 unspecified atom stereocenters. The van der Waals surface area contributed by atoms with Gasteiger partial charge in [0.2, 0.25) is 5.91 Å². The van der Waals surface area contributed by atoms with Gasteiger partial charge in [-0.3, -0.25) is 9.79 Å². The van der Waals surface area contributed by atoms with Crippen LogP contribution in [0.5, 0.6) is 0 Å². The number of guanidine groups is 1. The molecule has 0 radical (unpaired) electrons. The first-order valence-corrected chi connectivity index (χ1v) is 7.76. The second-order valence-electron chi connectivity index (χ2n) is 5.88. The molecular formula is C17H29IN4O. The number of carbonyl (C=O) groups is 1. The van der Waals surface area contributed by atoms with Crippen molar-refractivity contribution >= 4 is 35.8 Å². The summed E-state index contributed by atoms with van der Waals surface area (Å²) in [5.74, 6) is 0.614. The average Bonchev–Trinajstić information content (AvgIpc) is 2.53. The van der Waals surface area contributed by atoms with Crippen LogP contribution in [0.25, 0.3) is 0 Å². The molecule has 23 heavy (non-hydrogen) atoms. The SMILES string of the molecule is CCCNC(=O)CNC(=NC)NCC(C)(C)c1ccccc1.I. The molecule has 0 saturated carbocycles. The van der Waals surface area contributed by atoms with Crippen molar-refractivity contribution in [2.75, 3.05) is 26.7 Å². The Hall–Kier alpha value is -1.31. The molecule has 3 N–H and O–H groups in total. The van der Waals surface area contributed by atoms with Crippen LogP contribution in [-0.4, -0.2) is 38.5 Å². The van der Waals surface area contributed by atoms with E-state index in [-0.39, 0.29) is 41.8 Å². The molecule has 6 heteroatoms. The summed E-state index contributed by atoms with van der Waals surface area (Å²) in [7, 11) is 1.70. The second-order valence-corrected chi connectivity index (χ2v) is 5.88. The van der Waals surface area contributed by atoms with Gasteiger partial charge in [0.25, 0.3) is 0 Å². The highest BCUT2D eigenvalue weighted by atomic mass is 127. The van der Waals surface area contributed by atoms with Gasteiger partial charge in [0.15, 0.2) is 5.96 Å². The Kier molecular flexibility index (Phi) is 10.6. The predicted molar refractivity (Wildman–Crippen MR) is 108 cm³/mol. The molecule has 5 nitrogen and oxygen atoms in total. The Balaban J connectivity index is 0.00000484. The third-order valence-corrected chi connectivity index (χ3v) is 3.47. The van der Waals surface area contributed by atoms with Crippen LogP contribution in [0.1, 0.15) is 32.8 Å². The number of aliphatic imine (C=N–C) groups is 1. The van der Waals surface area contributed by atoms with Crippen molar-refractivity contribution in [3.63, 3.8) is 0 Å². The molecule has 0 aliphatic heterocycles. The lowest BCUT2D eigenvalue weighted by Crippen LogP contribution is -2.46. The fourth-order valence-electron chi connectivity index (χ4n) is 2.01. The Morgan fingerprint density at radius 2 is 1.78 bits per heavy atom. The molecule has 0 saturated heterocycles. The van der Waals surface area contributed by atoms with Crippen LogP contribution in [0.3, 0.4) is 0 Å². The smallest absolute Gasteiger partial charge is 0.239 e. The summed E-state index contributed by atoms with van der Waals surface area (Å²) in [5.41, 5.74) is 1.24. The van der Waals surface area contributed by atoms with Gasteiger partial charge in [0.05, 0.1) is 6.54 Å². The summed E-state index contributed by atoms with van der Waals surface area (Å²) in [6, 6.07) is 10.3. The molecule has 0 aromatic heterocycles. The Labute approximate surface area is 156 Å². The van der Waals surface area contributed by atoms with Crippen molar-refractivity contribution < 1.29 is 4.79 Å². The van der Waals surface area contributed by atoms with Gasteiger partial charge in [0, 0.05) is 25.6 Å². The maximum atomic E-state index is 11.6. The Morgan fingerprint density at radius 1 is 1.13 bits per heavy atom. The number of nitrogens with zero attached hydrogens (tertiary/aromatic N) is 1. The average molecular weight is 432 g/mol. The maximum Gasteiger partial charge on any atom is 0.239 e. The number of hydrogen-bond donors (Lipinski definition) is 3. The van der Waals surface area contributed by atoms with Crippen molar-refractivity contribution in [1.82, 2.24) is 16.0 Å². The van der Waals surface area contributed by atoms with Crippen LogP contribution < -0.4 is 16.0 Å². The highest BCUT2D eigenvalue weighted by Crippen LogP contribution is 2.21. The van der Waals surface area contributed by atoms with Crippen molar-refractivity contribution in [2.45, 2.75) is 32.6 Å². The molecule has 1 amide bonds. The maximum absolute atomic E-state index is 11.6. The van der Waals surface area contributed by atoms with Gasteiger partial charge >= 0.3 is 0 Å². The fraction of sp³-hybridized carbons (Fsp3) is 0.529. The molecule has 0 atom stereocenters. The molecule has 0 bridgehead atoms. The van der Waals surface area contributed by atoms with E-state index < -0.39 is 0 Å². The normalized spacial score (nSPS) is 11.4. The Morgan fingerprint density at radius 3 is 2.35 bits per heavy atom. The lowest BCUT2D eigenvalue weighted by molar-refractivity contribution is -0.120. The summed E-state index contributed by atoms with van der Waals surface area (Å²) in [6.07, 6.45) is 0.935. The van der Waals surface area contributed by atoms with E-state index in [0.29, 0.717) is 12.5 Å². The third-order valence-electron chi connectivity index (χ3n) is 3.47. The van der Waals surface area contributed by atoms with Crippen molar-refractivity contribution in [2.24, 2.45) is 4.99 Å². The van der Waals surface area contributed by atoms with Gasteiger partial charge in [-0.1, -0.05) is 51.1 Å². The number of carbonyl (C=O) groups excluding carboxylic acids is 1. The van der Waals surface area contributed by atoms with E-state index in [1.807, 2.05) is 25.1 Å². The predicted octanol–water partition coefficient (Wildman–Crippen LogP) is 2.27. The van der Waals surface area contributed by atoms with Crippen LogP contribution >= 0.6 is 24.0 Å². The van der Waals surface area contributed by atoms with Crippen LogP contribution in [-0.2, 0) is 10.2 Å². The van der Waals surface area contributed by atoms with Gasteiger partial charge < -0.3 is 16.0 Å². The first kappa shape index (κ1) is 21.7. The topological polar surface area (TPSA) is 65.5 Å². The molecule has 1 aromatic carbocycles. The van der Waals surface area contributed by atoms with Crippen molar-refractivity contribution in [3.8, 4) is 0 Å². The number of nitrogens with one attached hydrogen (secondary N) is 3. The molecule has 0 heterocycles. The minimum absolute atomic E-state index is 0. The molecule has 0 spiro atoms. The quantitative estimate of drug-likeness (QED) is 0.352. The lowest BCUT2D eigenvalue weighted by Gasteiger charge is -2.26. The van der Waals surface area contributed by atoms with Gasteiger partial charge in [-0.25, -0.2) is 0 Å². The van der Waals surface area contributed by atoms with Gasteiger partial charge in [-0.05, 0) is 12.0 Å².